The van der Waals surface area contributed by atoms with Gasteiger partial charge >= 0.3 is 0 Å². The topological polar surface area (TPSA) is 53.1 Å². The molecule has 2 aromatic carbocycles. The summed E-state index contributed by atoms with van der Waals surface area (Å²) >= 11 is 0. The molecule has 0 amide bonds. The maximum atomic E-state index is 10.9. The highest BCUT2D eigenvalue weighted by molar-refractivity contribution is 6.09. The molecular weight excluding hydrogens is 312 g/mol. The fourth-order valence-corrected chi connectivity index (χ4v) is 3.40. The van der Waals surface area contributed by atoms with E-state index < -0.39 is 0 Å². The average molecular weight is 332 g/mol. The van der Waals surface area contributed by atoms with Gasteiger partial charge in [0, 0.05) is 41.7 Å². The summed E-state index contributed by atoms with van der Waals surface area (Å²) in [6.07, 6.45) is 2.68. The number of aryl methyl sites for hydroxylation is 1. The lowest BCUT2D eigenvalue weighted by molar-refractivity contribution is -0.0371. The van der Waals surface area contributed by atoms with Gasteiger partial charge in [0.05, 0.1) is 0 Å². The monoisotopic (exact) mass is 332 g/mol. The zero-order valence-corrected chi connectivity index (χ0v) is 14.3. The van der Waals surface area contributed by atoms with Gasteiger partial charge in [-0.15, -0.1) is 5.10 Å². The minimum absolute atomic E-state index is 0.388. The lowest BCUT2D eigenvalue weighted by atomic mass is 9.95. The molecule has 0 aliphatic carbocycles. The molecular formula is C20H20N4O. The van der Waals surface area contributed by atoms with Crippen LogP contribution in [-0.2, 0) is 7.05 Å². The lowest BCUT2D eigenvalue weighted by Gasteiger charge is -2.31. The molecule has 2 heterocycles. The third-order valence-electron chi connectivity index (χ3n) is 4.65. The van der Waals surface area contributed by atoms with Crippen LogP contribution in [0.1, 0.15) is 30.5 Å². The Bertz CT molecular complexity index is 972. The van der Waals surface area contributed by atoms with E-state index in [9.17, 15) is 5.21 Å². The van der Waals surface area contributed by atoms with E-state index in [4.69, 9.17) is 0 Å². The third-order valence-corrected chi connectivity index (χ3v) is 4.65. The van der Waals surface area contributed by atoms with Crippen LogP contribution in [0.15, 0.2) is 71.0 Å². The molecule has 3 aromatic rings. The fourth-order valence-electron chi connectivity index (χ4n) is 3.40. The Hall–Kier alpha value is -2.92. The minimum atomic E-state index is -0.388. The van der Waals surface area contributed by atoms with Crippen molar-refractivity contribution < 1.29 is 5.21 Å². The highest BCUT2D eigenvalue weighted by Crippen LogP contribution is 2.34. The molecule has 4 rings (SSSR count). The first-order chi connectivity index (χ1) is 12.2. The summed E-state index contributed by atoms with van der Waals surface area (Å²) in [4.78, 5) is 0. The van der Waals surface area contributed by atoms with Gasteiger partial charge < -0.3 is 4.57 Å². The fraction of sp³-hybridized carbons (Fsp3) is 0.200. The van der Waals surface area contributed by atoms with Crippen LogP contribution in [0.25, 0.3) is 10.9 Å². The first-order valence-electron chi connectivity index (χ1n) is 8.42. The normalized spacial score (nSPS) is 17.6. The van der Waals surface area contributed by atoms with Gasteiger partial charge in [-0.2, -0.15) is 5.10 Å². The predicted molar refractivity (Wildman–Crippen MR) is 100.0 cm³/mol. The van der Waals surface area contributed by atoms with E-state index in [1.807, 2.05) is 56.4 Å². The predicted octanol–water partition coefficient (Wildman–Crippen LogP) is 4.14. The molecule has 5 heteroatoms. The van der Waals surface area contributed by atoms with Crippen molar-refractivity contribution in [3.63, 3.8) is 0 Å². The molecule has 5 nitrogen and oxygen atoms in total. The number of para-hydroxylation sites is 1. The minimum Gasteiger partial charge on any atom is -0.350 e. The van der Waals surface area contributed by atoms with Crippen LogP contribution in [0, 0.1) is 0 Å². The number of rotatable bonds is 3. The molecule has 1 unspecified atom stereocenters. The number of hydrogen-bond donors (Lipinski definition) is 1. The summed E-state index contributed by atoms with van der Waals surface area (Å²) in [5.74, 6) is 0.567. The summed E-state index contributed by atoms with van der Waals surface area (Å²) in [6, 6.07) is 17.7. The zero-order chi connectivity index (χ0) is 17.4. The number of fused-ring (bicyclic) bond motifs is 1. The summed E-state index contributed by atoms with van der Waals surface area (Å²) in [6.45, 7) is 1.96. The summed E-state index contributed by atoms with van der Waals surface area (Å²) in [7, 11) is 2.02. The number of benzene rings is 2. The van der Waals surface area contributed by atoms with Gasteiger partial charge in [0.25, 0.3) is 0 Å². The molecule has 1 aliphatic heterocycles. The molecule has 126 valence electrons. The summed E-state index contributed by atoms with van der Waals surface area (Å²) < 4.78 is 2.08. The van der Waals surface area contributed by atoms with E-state index in [1.54, 1.807) is 0 Å². The van der Waals surface area contributed by atoms with Crippen molar-refractivity contribution in [2.45, 2.75) is 19.4 Å². The highest BCUT2D eigenvalue weighted by atomic mass is 16.5. The van der Waals surface area contributed by atoms with Crippen LogP contribution in [0.4, 0.5) is 0 Å². The van der Waals surface area contributed by atoms with E-state index in [-0.39, 0.29) is 6.04 Å². The Kier molecular flexibility index (Phi) is 3.86. The first-order valence-corrected chi connectivity index (χ1v) is 8.42. The zero-order valence-electron chi connectivity index (χ0n) is 14.3. The van der Waals surface area contributed by atoms with Gasteiger partial charge in [-0.05, 0) is 6.07 Å². The molecule has 1 aliphatic rings. The van der Waals surface area contributed by atoms with Crippen LogP contribution in [0.2, 0.25) is 0 Å². The van der Waals surface area contributed by atoms with Gasteiger partial charge in [0.1, 0.15) is 11.8 Å². The van der Waals surface area contributed by atoms with Crippen molar-refractivity contribution in [1.29, 1.82) is 0 Å². The second-order valence-electron chi connectivity index (χ2n) is 6.18. The van der Waals surface area contributed by atoms with Crippen LogP contribution in [0.5, 0.6) is 0 Å². The van der Waals surface area contributed by atoms with Crippen molar-refractivity contribution in [2.75, 3.05) is 0 Å². The van der Waals surface area contributed by atoms with E-state index in [0.717, 1.165) is 27.7 Å². The van der Waals surface area contributed by atoms with Crippen molar-refractivity contribution >= 4 is 22.5 Å². The van der Waals surface area contributed by atoms with E-state index in [0.29, 0.717) is 12.3 Å². The Morgan fingerprint density at radius 2 is 1.72 bits per heavy atom. The molecule has 0 radical (unpaired) electrons. The smallest absolute Gasteiger partial charge is 0.152 e. The van der Waals surface area contributed by atoms with Crippen LogP contribution in [0.3, 0.4) is 0 Å². The number of hydrogen-bond acceptors (Lipinski definition) is 4. The van der Waals surface area contributed by atoms with Gasteiger partial charge in [-0.3, -0.25) is 5.21 Å². The highest BCUT2D eigenvalue weighted by Gasteiger charge is 2.33. The standard InChI is InChI=1S/C20H20N4O/c1-3-18-21-22-19(14-9-5-4-6-10-14)20(24(18)25)16-13-23(2)17-12-8-7-11-15(16)17/h4-13,20,25H,3H2,1-2H3. The summed E-state index contributed by atoms with van der Waals surface area (Å²) in [5, 5.41) is 22.0. The van der Waals surface area contributed by atoms with Gasteiger partial charge in [0.15, 0.2) is 5.84 Å². The Balaban J connectivity index is 1.93. The van der Waals surface area contributed by atoms with Gasteiger partial charge in [0.2, 0.25) is 0 Å². The van der Waals surface area contributed by atoms with Crippen LogP contribution >= 0.6 is 0 Å². The molecule has 25 heavy (non-hydrogen) atoms. The van der Waals surface area contributed by atoms with Crippen molar-refractivity contribution in [2.24, 2.45) is 17.3 Å². The maximum Gasteiger partial charge on any atom is 0.152 e. The quantitative estimate of drug-likeness (QED) is 0.784. The molecule has 1 aromatic heterocycles. The van der Waals surface area contributed by atoms with E-state index >= 15 is 0 Å². The molecule has 1 atom stereocenters. The van der Waals surface area contributed by atoms with Crippen molar-refractivity contribution in [3.05, 3.63) is 71.9 Å². The van der Waals surface area contributed by atoms with Crippen LogP contribution in [-0.4, -0.2) is 26.4 Å². The number of nitrogens with zero attached hydrogens (tertiary/aromatic N) is 4. The Morgan fingerprint density at radius 1 is 1.00 bits per heavy atom. The molecule has 0 fully saturated rings. The van der Waals surface area contributed by atoms with Crippen LogP contribution < -0.4 is 0 Å². The largest absolute Gasteiger partial charge is 0.350 e. The molecule has 0 saturated heterocycles. The van der Waals surface area contributed by atoms with E-state index in [2.05, 4.69) is 33.1 Å². The Labute approximate surface area is 146 Å². The Morgan fingerprint density at radius 3 is 2.48 bits per heavy atom. The second-order valence-corrected chi connectivity index (χ2v) is 6.18. The SMILES string of the molecule is CCC1=NN=C(c2ccccc2)C(c2cn(C)c3ccccc23)N1O. The third kappa shape index (κ3) is 2.53. The van der Waals surface area contributed by atoms with Gasteiger partial charge in [-0.1, -0.05) is 55.5 Å². The average Bonchev–Trinajstić information content (AvgIpc) is 2.99. The number of hydroxylamine groups is 2. The molecule has 0 saturated carbocycles. The second kappa shape index (κ2) is 6.18. The molecule has 0 spiro atoms. The van der Waals surface area contributed by atoms with Crippen molar-refractivity contribution in [1.82, 2.24) is 9.63 Å². The number of amidine groups is 1. The van der Waals surface area contributed by atoms with Crippen molar-refractivity contribution in [3.8, 4) is 0 Å². The molecule has 1 N–H and O–H groups in total. The van der Waals surface area contributed by atoms with Gasteiger partial charge in [-0.25, -0.2) is 5.06 Å². The number of aromatic nitrogens is 1. The summed E-state index contributed by atoms with van der Waals surface area (Å²) in [5.41, 5.74) is 3.85. The first kappa shape index (κ1) is 15.6. The van der Waals surface area contributed by atoms with E-state index in [1.165, 1.54) is 5.06 Å². The molecule has 0 bridgehead atoms. The maximum absolute atomic E-state index is 10.9. The lowest BCUT2D eigenvalue weighted by Crippen LogP contribution is -2.39.